The van der Waals surface area contributed by atoms with Gasteiger partial charge in [-0.15, -0.1) is 0 Å². The van der Waals surface area contributed by atoms with Crippen molar-refractivity contribution in [2.24, 2.45) is 0 Å². The average molecular weight is 880 g/mol. The number of benzene rings is 7. The van der Waals surface area contributed by atoms with Crippen molar-refractivity contribution in [2.75, 3.05) is 36.0 Å². The number of amides is 3. The largest absolute Gasteiger partial charge is 0.465 e. The summed E-state index contributed by atoms with van der Waals surface area (Å²) < 4.78 is 15.0. The molecule has 0 aromatic heterocycles. The van der Waals surface area contributed by atoms with Crippen LogP contribution in [-0.2, 0) is 33.8 Å². The van der Waals surface area contributed by atoms with Gasteiger partial charge in [0.25, 0.3) is 17.7 Å². The number of carbonyl (C=O) groups excluding carboxylic acids is 6. The molecule has 0 heterocycles. The number of methoxy groups -OCH3 is 3. The van der Waals surface area contributed by atoms with Gasteiger partial charge >= 0.3 is 17.9 Å². The third-order valence-electron chi connectivity index (χ3n) is 10.7. The van der Waals surface area contributed by atoms with Crippen LogP contribution >= 0.6 is 0 Å². The fourth-order valence-electron chi connectivity index (χ4n) is 7.36. The van der Waals surface area contributed by atoms with Crippen molar-refractivity contribution in [3.63, 3.8) is 0 Å². The van der Waals surface area contributed by atoms with Gasteiger partial charge in [0.1, 0.15) is 0 Å². The molecule has 3 amide bonds. The summed E-state index contributed by atoms with van der Waals surface area (Å²) in [5.41, 5.74) is 3.90. The van der Waals surface area contributed by atoms with Crippen molar-refractivity contribution in [1.82, 2.24) is 0 Å². The minimum Gasteiger partial charge on any atom is -0.465 e. The summed E-state index contributed by atoms with van der Waals surface area (Å²) in [7, 11) is 3.80. The molecule has 7 rings (SSSR count). The molecule has 7 aromatic rings. The van der Waals surface area contributed by atoms with Gasteiger partial charge in [0, 0.05) is 33.8 Å². The average Bonchev–Trinajstić information content (AvgIpc) is 3.38. The summed E-state index contributed by atoms with van der Waals surface area (Å²) in [4.78, 5) is 88.4. The third-order valence-corrected chi connectivity index (χ3v) is 10.7. The second-order valence-electron chi connectivity index (χ2n) is 15.1. The van der Waals surface area contributed by atoms with E-state index in [1.54, 1.807) is 72.8 Å². The molecule has 0 spiro atoms. The zero-order chi connectivity index (χ0) is 46.6. The summed E-state index contributed by atoms with van der Waals surface area (Å²) >= 11 is 0. The molecule has 0 bridgehead atoms. The van der Waals surface area contributed by atoms with Gasteiger partial charge < -0.3 is 28.9 Å². The maximum Gasteiger partial charge on any atom is 0.337 e. The molecule has 0 radical (unpaired) electrons. The van der Waals surface area contributed by atoms with Crippen molar-refractivity contribution in [3.05, 3.63) is 232 Å². The van der Waals surface area contributed by atoms with Crippen LogP contribution in [0.15, 0.2) is 182 Å². The first-order valence-electron chi connectivity index (χ1n) is 20.8. The first kappa shape index (κ1) is 45.4. The number of anilines is 3. The van der Waals surface area contributed by atoms with Crippen LogP contribution in [0.25, 0.3) is 0 Å². The highest BCUT2D eigenvalue weighted by Crippen LogP contribution is 2.29. The van der Waals surface area contributed by atoms with E-state index < -0.39 is 35.6 Å². The van der Waals surface area contributed by atoms with E-state index in [4.69, 9.17) is 14.2 Å². The fourth-order valence-corrected chi connectivity index (χ4v) is 7.36. The van der Waals surface area contributed by atoms with E-state index in [-0.39, 0.29) is 53.0 Å². The Balaban J connectivity index is 1.43. The first-order valence-corrected chi connectivity index (χ1v) is 20.8. The van der Waals surface area contributed by atoms with Gasteiger partial charge in [-0.1, -0.05) is 109 Å². The molecule has 0 fully saturated rings. The SMILES string of the molecule is COC(=O)c1cccc(N(Cc2ccccc2)C(=O)c2cc(C(=O)N(Cc3ccccc3)c3cccc(C(=O)OC)c3)cc(C(=O)N(Cc3ccccc3)c3cccc(C(=O)OC)c3)c2)c1. The van der Waals surface area contributed by atoms with E-state index >= 15 is 14.4 Å². The lowest BCUT2D eigenvalue weighted by Gasteiger charge is -2.27. The Morgan fingerprint density at radius 3 is 0.818 bits per heavy atom. The van der Waals surface area contributed by atoms with E-state index in [9.17, 15) is 14.4 Å². The van der Waals surface area contributed by atoms with E-state index in [0.29, 0.717) is 17.1 Å². The van der Waals surface area contributed by atoms with E-state index in [1.165, 1.54) is 54.2 Å². The standard InChI is InChI=1S/C54H45N3O9/c1-64-52(61)40-22-13-25-46(31-40)55(34-37-16-7-4-8-17-37)49(58)43-28-44(50(59)56(35-38-18-9-5-10-19-38)47-26-14-23-41(32-47)53(62)65-2)30-45(29-43)51(60)57(36-39-20-11-6-12-21-39)48-27-15-24-42(33-48)54(63)66-3/h4-33H,34-36H2,1-3H3. The maximum atomic E-state index is 15.3. The van der Waals surface area contributed by atoms with Gasteiger partial charge in [-0.3, -0.25) is 14.4 Å². The molecule has 12 heteroatoms. The second kappa shape index (κ2) is 21.2. The molecular formula is C54H45N3O9. The normalized spacial score (nSPS) is 10.6. The van der Waals surface area contributed by atoms with Gasteiger partial charge in [-0.25, -0.2) is 14.4 Å². The molecule has 330 valence electrons. The predicted molar refractivity (Wildman–Crippen MR) is 251 cm³/mol. The number of hydrogen-bond donors (Lipinski definition) is 0. The molecule has 0 N–H and O–H groups in total. The lowest BCUT2D eigenvalue weighted by Crippen LogP contribution is -2.34. The molecule has 7 aromatic carbocycles. The number of esters is 3. The Hall–Kier alpha value is -8.64. The Morgan fingerprint density at radius 1 is 0.318 bits per heavy atom. The van der Waals surface area contributed by atoms with Crippen molar-refractivity contribution < 1.29 is 43.0 Å². The highest BCUT2D eigenvalue weighted by atomic mass is 16.5. The number of ether oxygens (including phenoxy) is 3. The molecule has 0 aliphatic heterocycles. The van der Waals surface area contributed by atoms with Crippen LogP contribution in [0.3, 0.4) is 0 Å². The minimum atomic E-state index is -0.603. The zero-order valence-corrected chi connectivity index (χ0v) is 36.5. The molecule has 66 heavy (non-hydrogen) atoms. The van der Waals surface area contributed by atoms with Gasteiger partial charge in [-0.05, 0) is 89.5 Å². The summed E-state index contributed by atoms with van der Waals surface area (Å²) in [6.45, 7) is 0.145. The number of carbonyl (C=O) groups is 6. The van der Waals surface area contributed by atoms with Gasteiger partial charge in [0.2, 0.25) is 0 Å². The van der Waals surface area contributed by atoms with Crippen LogP contribution in [-0.4, -0.2) is 57.0 Å². The molecule has 0 saturated carbocycles. The van der Waals surface area contributed by atoms with E-state index in [0.717, 1.165) is 16.7 Å². The highest BCUT2D eigenvalue weighted by molar-refractivity contribution is 6.15. The lowest BCUT2D eigenvalue weighted by atomic mass is 10.0. The van der Waals surface area contributed by atoms with Crippen LogP contribution in [0, 0.1) is 0 Å². The summed E-state index contributed by atoms with van der Waals surface area (Å²) in [5, 5.41) is 0. The van der Waals surface area contributed by atoms with Crippen molar-refractivity contribution in [3.8, 4) is 0 Å². The van der Waals surface area contributed by atoms with E-state index in [1.807, 2.05) is 91.0 Å². The first-order chi connectivity index (χ1) is 32.1. The monoisotopic (exact) mass is 879 g/mol. The molecule has 12 nitrogen and oxygen atoms in total. The molecule has 0 unspecified atom stereocenters. The lowest BCUT2D eigenvalue weighted by molar-refractivity contribution is 0.0592. The Kier molecular flexibility index (Phi) is 14.5. The molecule has 0 atom stereocenters. The van der Waals surface area contributed by atoms with Crippen molar-refractivity contribution in [1.29, 1.82) is 0 Å². The van der Waals surface area contributed by atoms with Crippen LogP contribution in [0.4, 0.5) is 17.1 Å². The number of nitrogens with zero attached hydrogens (tertiary/aromatic N) is 3. The number of hydrogen-bond acceptors (Lipinski definition) is 9. The van der Waals surface area contributed by atoms with E-state index in [2.05, 4.69) is 0 Å². The summed E-state index contributed by atoms with van der Waals surface area (Å²) in [6, 6.07) is 51.3. The summed E-state index contributed by atoms with van der Waals surface area (Å²) in [6.07, 6.45) is 0. The molecule has 0 saturated heterocycles. The van der Waals surface area contributed by atoms with Crippen LogP contribution in [0.2, 0.25) is 0 Å². The Bertz CT molecular complexity index is 2560. The van der Waals surface area contributed by atoms with Crippen molar-refractivity contribution >= 4 is 52.7 Å². The van der Waals surface area contributed by atoms with Gasteiger partial charge in [-0.2, -0.15) is 0 Å². The quantitative estimate of drug-likeness (QED) is 0.0728. The van der Waals surface area contributed by atoms with Crippen molar-refractivity contribution in [2.45, 2.75) is 19.6 Å². The molecule has 0 aliphatic carbocycles. The minimum absolute atomic E-state index is 0.0189. The molecule has 0 aliphatic rings. The van der Waals surface area contributed by atoms with Gasteiger partial charge in [0.15, 0.2) is 0 Å². The summed E-state index contributed by atoms with van der Waals surface area (Å²) in [5.74, 6) is -3.57. The smallest absolute Gasteiger partial charge is 0.337 e. The number of rotatable bonds is 15. The zero-order valence-electron chi connectivity index (χ0n) is 36.5. The molecular weight excluding hydrogens is 835 g/mol. The van der Waals surface area contributed by atoms with Crippen LogP contribution in [0.1, 0.15) is 78.8 Å². The fraction of sp³-hybridized carbons (Fsp3) is 0.111. The third kappa shape index (κ3) is 10.7. The van der Waals surface area contributed by atoms with Crippen LogP contribution in [0.5, 0.6) is 0 Å². The Labute approximate surface area is 382 Å². The second-order valence-corrected chi connectivity index (χ2v) is 15.1. The van der Waals surface area contributed by atoms with Gasteiger partial charge in [0.05, 0.1) is 57.7 Å². The van der Waals surface area contributed by atoms with Crippen LogP contribution < -0.4 is 14.7 Å². The topological polar surface area (TPSA) is 140 Å². The highest BCUT2D eigenvalue weighted by Gasteiger charge is 2.28. The Morgan fingerprint density at radius 2 is 0.576 bits per heavy atom. The predicted octanol–water partition coefficient (Wildman–Crippen LogP) is 9.59. The maximum absolute atomic E-state index is 15.3.